The van der Waals surface area contributed by atoms with E-state index in [-0.39, 0.29) is 114 Å². The van der Waals surface area contributed by atoms with Gasteiger partial charge < -0.3 is 48.8 Å². The van der Waals surface area contributed by atoms with E-state index in [9.17, 15) is 24.0 Å². The molecule has 2 radical (unpaired) electrons. The van der Waals surface area contributed by atoms with Crippen LogP contribution >= 0.6 is 0 Å². The van der Waals surface area contributed by atoms with E-state index in [0.717, 1.165) is 32.2 Å². The number of likely N-dealkylation sites (tertiary alicyclic amines) is 1. The van der Waals surface area contributed by atoms with Crippen LogP contribution in [-0.4, -0.2) is 96.8 Å². The van der Waals surface area contributed by atoms with Crippen molar-refractivity contribution in [3.8, 4) is 0 Å². The molecule has 12 heteroatoms. The molecule has 2 N–H and O–H groups in total. The molecule has 0 aromatic rings. The molecule has 0 aromatic carbocycles. The fraction of sp³-hybridized carbons (Fsp3) is 0.593. The Morgan fingerprint density at radius 1 is 0.923 bits per heavy atom. The van der Waals surface area contributed by atoms with E-state index in [4.69, 9.17) is 0 Å². The van der Waals surface area contributed by atoms with Gasteiger partial charge in [-0.3, -0.25) is 14.4 Å². The number of carbonyl (C=O) groups is 5. The van der Waals surface area contributed by atoms with Crippen LogP contribution in [0.25, 0.3) is 0 Å². The molecule has 1 aliphatic carbocycles. The van der Waals surface area contributed by atoms with E-state index >= 15 is 0 Å². The Bertz CT molecular complexity index is 839. The zero-order chi connectivity index (χ0) is 28.0. The Kier molecular flexibility index (Phi) is 22.9. The zero-order valence-electron chi connectivity index (χ0n) is 23.9. The number of nitrogens with one attached hydrogen (secondary N) is 2. The number of nitrogens with zero attached hydrogens (tertiary/aromatic N) is 3. The molecule has 2 atom stereocenters. The summed E-state index contributed by atoms with van der Waals surface area (Å²) in [6.07, 6.45) is 6.41. The molecule has 2 rings (SSSR count). The number of likely N-dealkylation sites (N-methyl/N-ethyl adjacent to an activating group) is 2. The third-order valence-electron chi connectivity index (χ3n) is 6.18. The van der Waals surface area contributed by atoms with Gasteiger partial charge in [-0.1, -0.05) is 11.6 Å². The summed E-state index contributed by atoms with van der Waals surface area (Å²) in [6, 6.07) is -0.474. The molecule has 0 bridgehead atoms. The Morgan fingerprint density at radius 3 is 1.97 bits per heavy atom. The first-order valence-electron chi connectivity index (χ1n) is 12.8. The third-order valence-corrected chi connectivity index (χ3v) is 6.18. The number of Topliss-reactive ketones (excluding diaryl/α,β-unsaturated/α-hetero) is 2. The van der Waals surface area contributed by atoms with Gasteiger partial charge in [-0.15, -0.1) is 13.1 Å². The smallest absolute Gasteiger partial charge is 0.237 e. The molecule has 1 aliphatic heterocycles. The number of ketones is 2. The van der Waals surface area contributed by atoms with E-state index < -0.39 is 6.04 Å². The van der Waals surface area contributed by atoms with Crippen molar-refractivity contribution in [1.82, 2.24) is 25.3 Å². The predicted molar refractivity (Wildman–Crippen MR) is 142 cm³/mol. The van der Waals surface area contributed by atoms with Gasteiger partial charge in [0.15, 0.2) is 0 Å². The topological polar surface area (TPSA) is 119 Å². The molecule has 0 spiro atoms. The van der Waals surface area contributed by atoms with Gasteiger partial charge in [-0.05, 0) is 60.0 Å². The second kappa shape index (κ2) is 22.0. The Balaban J connectivity index is 0. The molecule has 2 aliphatic rings. The van der Waals surface area contributed by atoms with E-state index in [1.54, 1.807) is 11.9 Å². The average Bonchev–Trinajstić information content (AvgIpc) is 3.54. The Labute approximate surface area is 284 Å². The molecule has 1 heterocycles. The minimum Gasteiger partial charge on any atom is -0.496 e. The minimum absolute atomic E-state index is 0. The fourth-order valence-electron chi connectivity index (χ4n) is 4.51. The summed E-state index contributed by atoms with van der Waals surface area (Å²) in [4.78, 5) is 63.0. The van der Waals surface area contributed by atoms with Gasteiger partial charge in [0, 0.05) is 90.1 Å². The molecule has 10 nitrogen and oxygen atoms in total. The minimum atomic E-state index is -0.474. The van der Waals surface area contributed by atoms with Crippen molar-refractivity contribution in [2.75, 3.05) is 46.8 Å². The van der Waals surface area contributed by atoms with Crippen LogP contribution in [0, 0.1) is 32.9 Å². The summed E-state index contributed by atoms with van der Waals surface area (Å²) < 4.78 is 0. The maximum absolute atomic E-state index is 12.3. The van der Waals surface area contributed by atoms with Crippen LogP contribution in [0.3, 0.4) is 0 Å². The van der Waals surface area contributed by atoms with Crippen molar-refractivity contribution in [1.29, 1.82) is 0 Å². The van der Waals surface area contributed by atoms with Crippen LogP contribution < -0.4 is 10.6 Å². The van der Waals surface area contributed by atoms with Gasteiger partial charge >= 0.3 is 0 Å². The molecule has 1 saturated heterocycles. The number of hydrogen-bond donors (Lipinski definition) is 2. The van der Waals surface area contributed by atoms with E-state index in [2.05, 4.69) is 30.6 Å². The molecule has 1 saturated carbocycles. The number of rotatable bonds is 12. The molecule has 2 fully saturated rings. The average molecular weight is 695 g/mol. The Morgan fingerprint density at radius 2 is 1.49 bits per heavy atom. The maximum Gasteiger partial charge on any atom is 0.237 e. The van der Waals surface area contributed by atoms with Gasteiger partial charge in [0.2, 0.25) is 17.7 Å². The van der Waals surface area contributed by atoms with Crippen LogP contribution in [0.15, 0.2) is 11.6 Å². The second-order valence-electron chi connectivity index (χ2n) is 9.10. The van der Waals surface area contributed by atoms with Crippen LogP contribution in [0.1, 0.15) is 46.0 Å². The van der Waals surface area contributed by atoms with Gasteiger partial charge in [0.1, 0.15) is 6.04 Å². The second-order valence-corrected chi connectivity index (χ2v) is 9.10. The van der Waals surface area contributed by atoms with Crippen LogP contribution in [0.5, 0.6) is 0 Å². The molecule has 0 unspecified atom stereocenters. The van der Waals surface area contributed by atoms with E-state index in [1.807, 2.05) is 7.05 Å². The summed E-state index contributed by atoms with van der Waals surface area (Å²) in [7, 11) is 3.57. The maximum atomic E-state index is 12.3. The van der Waals surface area contributed by atoms with Crippen molar-refractivity contribution >= 4 is 29.3 Å². The number of carbonyl (C=O) groups excluding carboxylic acids is 5. The summed E-state index contributed by atoms with van der Waals surface area (Å²) >= 11 is 0. The molecule has 39 heavy (non-hydrogen) atoms. The molecular formula is C27H43N5O5Y2-4. The predicted octanol–water partition coefficient (Wildman–Crippen LogP) is 0.951. The zero-order valence-corrected chi connectivity index (χ0v) is 29.6. The molecule has 0 aromatic heterocycles. The van der Waals surface area contributed by atoms with Gasteiger partial charge in [-0.2, -0.15) is 0 Å². The van der Waals surface area contributed by atoms with Crippen molar-refractivity contribution < 1.29 is 89.4 Å². The van der Waals surface area contributed by atoms with Crippen LogP contribution in [0.4, 0.5) is 0 Å². The van der Waals surface area contributed by atoms with E-state index in [1.165, 1.54) is 42.3 Å². The quantitative estimate of drug-likeness (QED) is 0.231. The summed E-state index contributed by atoms with van der Waals surface area (Å²) in [6.45, 7) is 14.8. The summed E-state index contributed by atoms with van der Waals surface area (Å²) in [5.41, 5.74) is 1.18. The molecular weight excluding hydrogens is 652 g/mol. The monoisotopic (exact) mass is 695 g/mol. The third kappa shape index (κ3) is 13.7. The summed E-state index contributed by atoms with van der Waals surface area (Å²) in [5, 5.41) is 5.84. The first-order chi connectivity index (χ1) is 17.6. The van der Waals surface area contributed by atoms with Crippen LogP contribution in [-0.2, 0) is 89.4 Å². The SMILES string of the molecule is [CH2-]CN([CH-]C(C)=O)C(=O)[C@H]1CCC/C1=C\CNC.[CH2-]CN([CH-]C(C)=O)C(=O)[C@H]1CCCN1C(=O)CNC.[Y].[Y]. The normalized spacial score (nSPS) is 18.6. The first-order valence-corrected chi connectivity index (χ1v) is 12.8. The van der Waals surface area contributed by atoms with E-state index in [0.29, 0.717) is 19.5 Å². The van der Waals surface area contributed by atoms with Gasteiger partial charge in [0.05, 0.1) is 12.5 Å². The fourth-order valence-corrected chi connectivity index (χ4v) is 4.51. The van der Waals surface area contributed by atoms with Gasteiger partial charge in [0.25, 0.3) is 0 Å². The molecule has 216 valence electrons. The van der Waals surface area contributed by atoms with Crippen molar-refractivity contribution in [2.24, 2.45) is 5.92 Å². The van der Waals surface area contributed by atoms with Crippen molar-refractivity contribution in [2.45, 2.75) is 52.0 Å². The number of amides is 3. The van der Waals surface area contributed by atoms with Crippen molar-refractivity contribution in [3.63, 3.8) is 0 Å². The summed E-state index contributed by atoms with van der Waals surface area (Å²) in [5.74, 6) is -0.720. The first kappa shape index (κ1) is 40.5. The standard InChI is InChI=1S/C14H22N2O2.C13H21N3O3.2Y/c1-4-16(10-11(2)17)14(18)13-7-5-6-12(13)8-9-15-3;1-4-15(9-10(2)17)13(19)11-6-5-7-16(11)12(18)8-14-3;;/h8,10,13,15H,1,4-7,9H2,2-3H3;9,11,14H,1,4-8H2,2-3H3;;/q2*-2;;/b12-8+;;;/t13-;11-;;/m01../s1. The van der Waals surface area contributed by atoms with Crippen LogP contribution in [0.2, 0.25) is 0 Å². The Hall–Kier alpha value is -0.642. The molecule has 3 amide bonds. The largest absolute Gasteiger partial charge is 0.496 e. The van der Waals surface area contributed by atoms with Crippen molar-refractivity contribution in [3.05, 3.63) is 38.6 Å². The number of hydrogen-bond acceptors (Lipinski definition) is 7. The van der Waals surface area contributed by atoms with Gasteiger partial charge in [-0.25, -0.2) is 13.1 Å².